The Labute approximate surface area is 172 Å². The second-order valence-electron chi connectivity index (χ2n) is 6.26. The van der Waals surface area contributed by atoms with Crippen molar-refractivity contribution < 1.29 is 19.1 Å². The predicted octanol–water partition coefficient (Wildman–Crippen LogP) is 3.12. The number of hydrogen-bond donors (Lipinski definition) is 1. The van der Waals surface area contributed by atoms with Crippen LogP contribution in [0.1, 0.15) is 71.9 Å². The van der Waals surface area contributed by atoms with Crippen LogP contribution in [-0.4, -0.2) is 46.1 Å². The molecule has 152 valence electrons. The first-order valence-corrected chi connectivity index (χ1v) is 9.23. The van der Waals surface area contributed by atoms with Gasteiger partial charge in [-0.2, -0.15) is 0 Å². The zero-order valence-corrected chi connectivity index (χ0v) is 18.3. The highest BCUT2D eigenvalue weighted by molar-refractivity contribution is 9.10. The number of rotatable bonds is 4. The number of carbonyl (C=O) groups excluding carboxylic acids is 2. The highest BCUT2D eigenvalue weighted by atomic mass is 79.9. The van der Waals surface area contributed by atoms with Crippen LogP contribution < -0.4 is 5.73 Å². The second kappa shape index (κ2) is 10.6. The van der Waals surface area contributed by atoms with Gasteiger partial charge in [0.15, 0.2) is 17.2 Å². The highest BCUT2D eigenvalue weighted by Crippen LogP contribution is 2.17. The Balaban J connectivity index is 0.000000280. The summed E-state index contributed by atoms with van der Waals surface area (Å²) < 4.78 is 9.52. The van der Waals surface area contributed by atoms with E-state index in [0.29, 0.717) is 4.60 Å². The number of nitrogen functional groups attached to an aromatic ring is 1. The van der Waals surface area contributed by atoms with E-state index in [9.17, 15) is 9.59 Å². The predicted molar refractivity (Wildman–Crippen MR) is 107 cm³/mol. The van der Waals surface area contributed by atoms with Crippen molar-refractivity contribution in [1.29, 1.82) is 0 Å². The molecule has 10 heteroatoms. The van der Waals surface area contributed by atoms with Crippen molar-refractivity contribution in [3.8, 4) is 0 Å². The van der Waals surface area contributed by atoms with Gasteiger partial charge in [-0.25, -0.2) is 29.5 Å². The Kier molecular flexibility index (Phi) is 8.90. The van der Waals surface area contributed by atoms with E-state index in [1.165, 1.54) is 14.2 Å². The summed E-state index contributed by atoms with van der Waals surface area (Å²) in [6.07, 6.45) is 3.20. The molecular weight excluding hydrogens is 430 g/mol. The van der Waals surface area contributed by atoms with Crippen LogP contribution >= 0.6 is 15.9 Å². The SMILES string of the molecule is COC(=O)c1nc(C(C)C)cnc1Br.COC(=O)c1nc(C(C)C)cnc1N. The van der Waals surface area contributed by atoms with Gasteiger partial charge in [-0.15, -0.1) is 0 Å². The molecule has 0 saturated carbocycles. The van der Waals surface area contributed by atoms with E-state index in [4.69, 9.17) is 5.73 Å². The number of carbonyl (C=O) groups is 2. The highest BCUT2D eigenvalue weighted by Gasteiger charge is 2.16. The number of nitrogens with two attached hydrogens (primary N) is 1. The third-order valence-electron chi connectivity index (χ3n) is 3.51. The van der Waals surface area contributed by atoms with Gasteiger partial charge in [0.05, 0.1) is 38.0 Å². The third-order valence-corrected chi connectivity index (χ3v) is 4.09. The molecule has 0 aliphatic carbocycles. The molecule has 2 aromatic rings. The quantitative estimate of drug-likeness (QED) is 0.693. The van der Waals surface area contributed by atoms with Crippen LogP contribution in [0.25, 0.3) is 0 Å². The maximum Gasteiger partial charge on any atom is 0.360 e. The van der Waals surface area contributed by atoms with Gasteiger partial charge >= 0.3 is 11.9 Å². The fourth-order valence-electron chi connectivity index (χ4n) is 1.83. The minimum atomic E-state index is -0.558. The number of ether oxygens (including phenoxy) is 2. The monoisotopic (exact) mass is 453 g/mol. The molecule has 0 saturated heterocycles. The molecule has 0 amide bonds. The molecule has 0 fully saturated rings. The molecule has 2 heterocycles. The summed E-state index contributed by atoms with van der Waals surface area (Å²) in [7, 11) is 2.60. The molecule has 0 aromatic carbocycles. The minimum Gasteiger partial charge on any atom is -0.464 e. The lowest BCUT2D eigenvalue weighted by molar-refractivity contribution is 0.0584. The molecule has 9 nitrogen and oxygen atoms in total. The summed E-state index contributed by atoms with van der Waals surface area (Å²) in [6, 6.07) is 0. The van der Waals surface area contributed by atoms with Gasteiger partial charge in [-0.3, -0.25) is 0 Å². The molecule has 0 atom stereocenters. The standard InChI is InChI=1S/C9H11BrN2O2.C9H13N3O2/c2*1-5(2)6-4-11-8(10)7(12-6)9(13)14-3/h4-5H,1-3H3;4-5H,1-3H3,(H2,10,11). The summed E-state index contributed by atoms with van der Waals surface area (Å²) in [5.74, 6) is -0.504. The normalized spacial score (nSPS) is 10.3. The molecule has 0 aliphatic rings. The van der Waals surface area contributed by atoms with Crippen LogP contribution in [0.3, 0.4) is 0 Å². The topological polar surface area (TPSA) is 130 Å². The number of aromatic nitrogens is 4. The van der Waals surface area contributed by atoms with Gasteiger partial charge in [0.25, 0.3) is 0 Å². The van der Waals surface area contributed by atoms with Crippen LogP contribution in [0, 0.1) is 0 Å². The number of methoxy groups -OCH3 is 2. The zero-order valence-electron chi connectivity index (χ0n) is 16.7. The van der Waals surface area contributed by atoms with E-state index < -0.39 is 11.9 Å². The van der Waals surface area contributed by atoms with Crippen molar-refractivity contribution in [2.45, 2.75) is 39.5 Å². The Morgan fingerprint density at radius 3 is 1.79 bits per heavy atom. The van der Waals surface area contributed by atoms with E-state index in [-0.39, 0.29) is 29.0 Å². The molecule has 2 rings (SSSR count). The van der Waals surface area contributed by atoms with Crippen LogP contribution in [0.15, 0.2) is 17.0 Å². The smallest absolute Gasteiger partial charge is 0.360 e. The van der Waals surface area contributed by atoms with Gasteiger partial charge in [-0.05, 0) is 27.8 Å². The summed E-state index contributed by atoms with van der Waals surface area (Å²) >= 11 is 3.15. The number of esters is 2. The van der Waals surface area contributed by atoms with E-state index in [1.807, 2.05) is 27.7 Å². The average molecular weight is 454 g/mol. The molecular formula is C18H24BrN5O4. The largest absolute Gasteiger partial charge is 0.464 e. The van der Waals surface area contributed by atoms with E-state index in [0.717, 1.165) is 11.4 Å². The lowest BCUT2D eigenvalue weighted by Crippen LogP contribution is -2.12. The average Bonchev–Trinajstić information content (AvgIpc) is 2.67. The van der Waals surface area contributed by atoms with E-state index in [1.54, 1.807) is 12.4 Å². The maximum absolute atomic E-state index is 11.3. The summed E-state index contributed by atoms with van der Waals surface area (Å²) in [5, 5.41) is 0. The molecule has 0 unspecified atom stereocenters. The van der Waals surface area contributed by atoms with Crippen molar-refractivity contribution in [2.24, 2.45) is 0 Å². The third kappa shape index (κ3) is 6.22. The van der Waals surface area contributed by atoms with Crippen LogP contribution in [-0.2, 0) is 9.47 Å². The zero-order chi connectivity index (χ0) is 21.4. The summed E-state index contributed by atoms with van der Waals surface area (Å²) in [6.45, 7) is 7.89. The summed E-state index contributed by atoms with van der Waals surface area (Å²) in [4.78, 5) is 38.6. The van der Waals surface area contributed by atoms with E-state index in [2.05, 4.69) is 45.3 Å². The Hall–Kier alpha value is -2.62. The van der Waals surface area contributed by atoms with Gasteiger partial charge in [0.2, 0.25) is 0 Å². The van der Waals surface area contributed by atoms with Gasteiger partial charge < -0.3 is 15.2 Å². The molecule has 0 bridgehead atoms. The molecule has 0 spiro atoms. The van der Waals surface area contributed by atoms with Crippen LogP contribution in [0.2, 0.25) is 0 Å². The Morgan fingerprint density at radius 1 is 0.893 bits per heavy atom. The molecule has 2 aromatic heterocycles. The molecule has 0 radical (unpaired) electrons. The fourth-order valence-corrected chi connectivity index (χ4v) is 2.18. The van der Waals surface area contributed by atoms with Crippen LogP contribution in [0.4, 0.5) is 5.82 Å². The Bertz CT molecular complexity index is 773. The van der Waals surface area contributed by atoms with Crippen molar-refractivity contribution in [2.75, 3.05) is 20.0 Å². The number of nitrogens with zero attached hydrogens (tertiary/aromatic N) is 4. The fraction of sp³-hybridized carbons (Fsp3) is 0.444. The van der Waals surface area contributed by atoms with Crippen LogP contribution in [0.5, 0.6) is 0 Å². The second-order valence-corrected chi connectivity index (χ2v) is 7.01. The molecule has 28 heavy (non-hydrogen) atoms. The summed E-state index contributed by atoms with van der Waals surface area (Å²) in [5.41, 5.74) is 7.29. The number of halogens is 1. The maximum atomic E-state index is 11.3. The van der Waals surface area contributed by atoms with E-state index >= 15 is 0 Å². The lowest BCUT2D eigenvalue weighted by atomic mass is 10.1. The Morgan fingerprint density at radius 2 is 1.32 bits per heavy atom. The van der Waals surface area contributed by atoms with Gasteiger partial charge in [0.1, 0.15) is 4.60 Å². The first kappa shape index (κ1) is 23.4. The minimum absolute atomic E-state index is 0.0821. The number of hydrogen-bond acceptors (Lipinski definition) is 9. The van der Waals surface area contributed by atoms with Crippen molar-refractivity contribution in [1.82, 2.24) is 19.9 Å². The first-order valence-electron chi connectivity index (χ1n) is 8.43. The van der Waals surface area contributed by atoms with Gasteiger partial charge in [0, 0.05) is 0 Å². The molecule has 2 N–H and O–H groups in total. The van der Waals surface area contributed by atoms with Crippen molar-refractivity contribution >= 4 is 33.7 Å². The number of anilines is 1. The molecule has 0 aliphatic heterocycles. The lowest BCUT2D eigenvalue weighted by Gasteiger charge is -2.07. The van der Waals surface area contributed by atoms with Crippen molar-refractivity contribution in [3.05, 3.63) is 39.8 Å². The van der Waals surface area contributed by atoms with Gasteiger partial charge in [-0.1, -0.05) is 27.7 Å². The first-order chi connectivity index (χ1) is 13.1. The van der Waals surface area contributed by atoms with Crippen molar-refractivity contribution in [3.63, 3.8) is 0 Å².